The number of hydrogen-bond donors (Lipinski definition) is 1. The highest BCUT2D eigenvalue weighted by Crippen LogP contribution is 2.22. The normalized spacial score (nSPS) is 13.9. The summed E-state index contributed by atoms with van der Waals surface area (Å²) in [6.07, 6.45) is -3.61. The second-order valence-electron chi connectivity index (χ2n) is 3.37. The van der Waals surface area contributed by atoms with Gasteiger partial charge in [0.15, 0.2) is 0 Å². The second kappa shape index (κ2) is 6.20. The summed E-state index contributed by atoms with van der Waals surface area (Å²) >= 11 is 0. The van der Waals surface area contributed by atoms with Gasteiger partial charge < -0.3 is 14.6 Å². The molecule has 17 heavy (non-hydrogen) atoms. The van der Waals surface area contributed by atoms with Gasteiger partial charge in [-0.25, -0.2) is 9.18 Å². The molecule has 0 heterocycles. The Kier molecular flexibility index (Phi) is 4.90. The molecule has 0 aliphatic carbocycles. The van der Waals surface area contributed by atoms with E-state index in [1.807, 2.05) is 0 Å². The van der Waals surface area contributed by atoms with Crippen LogP contribution in [0.4, 0.5) is 4.39 Å². The van der Waals surface area contributed by atoms with Crippen molar-refractivity contribution >= 4 is 5.97 Å². The maximum absolute atomic E-state index is 13.5. The molecule has 0 fully saturated rings. The number of aliphatic hydroxyl groups excluding tert-OH is 1. The lowest BCUT2D eigenvalue weighted by atomic mass is 10.1. The number of alkyl halides is 1. The third-order valence-corrected chi connectivity index (χ3v) is 2.25. The minimum atomic E-state index is -2.08. The van der Waals surface area contributed by atoms with E-state index in [0.717, 1.165) is 0 Å². The summed E-state index contributed by atoms with van der Waals surface area (Å²) in [4.78, 5) is 11.1. The lowest BCUT2D eigenvalue weighted by Crippen LogP contribution is -2.26. The van der Waals surface area contributed by atoms with E-state index in [1.165, 1.54) is 19.2 Å². The number of methoxy groups -OCH3 is 1. The summed E-state index contributed by atoms with van der Waals surface area (Å²) in [5, 5.41) is 9.63. The second-order valence-corrected chi connectivity index (χ2v) is 3.37. The van der Waals surface area contributed by atoms with Gasteiger partial charge in [-0.2, -0.15) is 0 Å². The van der Waals surface area contributed by atoms with Crippen molar-refractivity contribution in [1.82, 2.24) is 0 Å². The molecule has 0 saturated carbocycles. The number of rotatable bonds is 5. The number of carbonyl (C=O) groups is 1. The smallest absolute Gasteiger partial charge is 0.343 e. The van der Waals surface area contributed by atoms with Crippen LogP contribution in [0.25, 0.3) is 0 Å². The van der Waals surface area contributed by atoms with Crippen molar-refractivity contribution in [3.63, 3.8) is 0 Å². The van der Waals surface area contributed by atoms with Crippen LogP contribution >= 0.6 is 0 Å². The van der Waals surface area contributed by atoms with E-state index in [2.05, 4.69) is 4.74 Å². The largest absolute Gasteiger partial charge is 0.497 e. The van der Waals surface area contributed by atoms with E-state index < -0.39 is 18.2 Å². The van der Waals surface area contributed by atoms with E-state index in [0.29, 0.717) is 11.3 Å². The maximum Gasteiger partial charge on any atom is 0.343 e. The van der Waals surface area contributed by atoms with Crippen molar-refractivity contribution < 1.29 is 23.8 Å². The molecule has 0 aromatic heterocycles. The maximum atomic E-state index is 13.5. The zero-order valence-electron chi connectivity index (χ0n) is 9.72. The van der Waals surface area contributed by atoms with Crippen LogP contribution in [-0.2, 0) is 9.53 Å². The Morgan fingerprint density at radius 2 is 2.00 bits per heavy atom. The van der Waals surface area contributed by atoms with Gasteiger partial charge >= 0.3 is 5.97 Å². The predicted octanol–water partition coefficient (Wildman–Crippen LogP) is 1.63. The molecule has 0 aliphatic heterocycles. The molecule has 0 amide bonds. The predicted molar refractivity (Wildman–Crippen MR) is 59.5 cm³/mol. The molecular formula is C12H15FO4. The lowest BCUT2D eigenvalue weighted by molar-refractivity contribution is -0.153. The third-order valence-electron chi connectivity index (χ3n) is 2.25. The Bertz CT molecular complexity index is 363. The standard InChI is InChI=1S/C12H15FO4/c1-3-17-12(15)10(13)11(14)8-4-6-9(16-2)7-5-8/h4-7,10-11,14H,3H2,1-2H3/t10-,11+/m1/s1. The Morgan fingerprint density at radius 1 is 1.41 bits per heavy atom. The number of carbonyl (C=O) groups excluding carboxylic acids is 1. The molecule has 0 radical (unpaired) electrons. The number of ether oxygens (including phenoxy) is 2. The zero-order valence-corrected chi connectivity index (χ0v) is 9.72. The third kappa shape index (κ3) is 3.42. The molecule has 94 valence electrons. The van der Waals surface area contributed by atoms with Crippen molar-refractivity contribution in [2.45, 2.75) is 19.2 Å². The fourth-order valence-corrected chi connectivity index (χ4v) is 1.32. The van der Waals surface area contributed by atoms with E-state index in [-0.39, 0.29) is 6.61 Å². The molecule has 0 spiro atoms. The lowest BCUT2D eigenvalue weighted by Gasteiger charge is -2.15. The van der Waals surface area contributed by atoms with Crippen LogP contribution in [0.15, 0.2) is 24.3 Å². The van der Waals surface area contributed by atoms with Crippen molar-refractivity contribution in [3.8, 4) is 5.75 Å². The molecule has 2 atom stereocenters. The summed E-state index contributed by atoms with van der Waals surface area (Å²) in [6.45, 7) is 1.65. The summed E-state index contributed by atoms with van der Waals surface area (Å²) in [7, 11) is 1.50. The molecular weight excluding hydrogens is 227 g/mol. The van der Waals surface area contributed by atoms with Crippen LogP contribution in [0.5, 0.6) is 5.75 Å². The minimum absolute atomic E-state index is 0.0780. The molecule has 5 heteroatoms. The van der Waals surface area contributed by atoms with E-state index in [4.69, 9.17) is 4.74 Å². The average Bonchev–Trinajstić information content (AvgIpc) is 2.37. The first-order valence-electron chi connectivity index (χ1n) is 5.22. The van der Waals surface area contributed by atoms with Gasteiger partial charge in [0.05, 0.1) is 13.7 Å². The Morgan fingerprint density at radius 3 is 2.47 bits per heavy atom. The van der Waals surface area contributed by atoms with Crippen molar-refractivity contribution in [2.24, 2.45) is 0 Å². The number of hydrogen-bond acceptors (Lipinski definition) is 4. The van der Waals surface area contributed by atoms with Crippen LogP contribution in [-0.4, -0.2) is 31.0 Å². The van der Waals surface area contributed by atoms with Gasteiger partial charge in [0.2, 0.25) is 6.17 Å². The molecule has 1 N–H and O–H groups in total. The first-order chi connectivity index (χ1) is 8.10. The fraction of sp³-hybridized carbons (Fsp3) is 0.417. The molecule has 0 saturated heterocycles. The van der Waals surface area contributed by atoms with Gasteiger partial charge in [-0.05, 0) is 24.6 Å². The summed E-state index contributed by atoms with van der Waals surface area (Å²) in [5.74, 6) is -0.469. The van der Waals surface area contributed by atoms with E-state index in [1.54, 1.807) is 19.1 Å². The van der Waals surface area contributed by atoms with Gasteiger partial charge in [0.25, 0.3) is 0 Å². The van der Waals surface area contributed by atoms with Gasteiger partial charge in [-0.1, -0.05) is 12.1 Å². The fourth-order valence-electron chi connectivity index (χ4n) is 1.32. The zero-order chi connectivity index (χ0) is 12.8. The highest BCUT2D eigenvalue weighted by molar-refractivity contribution is 5.75. The SMILES string of the molecule is CCOC(=O)[C@H](F)[C@@H](O)c1ccc(OC)cc1. The first kappa shape index (κ1) is 13.4. The monoisotopic (exact) mass is 242 g/mol. The molecule has 1 aromatic rings. The highest BCUT2D eigenvalue weighted by atomic mass is 19.1. The minimum Gasteiger partial charge on any atom is -0.497 e. The van der Waals surface area contributed by atoms with Crippen molar-refractivity contribution in [2.75, 3.05) is 13.7 Å². The quantitative estimate of drug-likeness (QED) is 0.797. The van der Waals surface area contributed by atoms with Gasteiger partial charge in [0, 0.05) is 0 Å². The number of halogens is 1. The number of aliphatic hydroxyl groups is 1. The van der Waals surface area contributed by atoms with Gasteiger partial charge in [-0.3, -0.25) is 0 Å². The Balaban J connectivity index is 2.73. The van der Waals surface area contributed by atoms with Crippen LogP contribution in [0.2, 0.25) is 0 Å². The van der Waals surface area contributed by atoms with E-state index in [9.17, 15) is 14.3 Å². The van der Waals surface area contributed by atoms with Crippen LogP contribution in [0.1, 0.15) is 18.6 Å². The first-order valence-corrected chi connectivity index (χ1v) is 5.22. The molecule has 1 aromatic carbocycles. The highest BCUT2D eigenvalue weighted by Gasteiger charge is 2.28. The topological polar surface area (TPSA) is 55.8 Å². The summed E-state index contributed by atoms with van der Waals surface area (Å²) in [6, 6.07) is 6.15. The number of benzene rings is 1. The van der Waals surface area contributed by atoms with Crippen LogP contribution in [0.3, 0.4) is 0 Å². The van der Waals surface area contributed by atoms with Crippen LogP contribution in [0, 0.1) is 0 Å². The molecule has 1 rings (SSSR count). The van der Waals surface area contributed by atoms with Gasteiger partial charge in [-0.15, -0.1) is 0 Å². The average molecular weight is 242 g/mol. The summed E-state index contributed by atoms with van der Waals surface area (Å²) in [5.41, 5.74) is 0.298. The van der Waals surface area contributed by atoms with Crippen molar-refractivity contribution in [1.29, 1.82) is 0 Å². The van der Waals surface area contributed by atoms with E-state index >= 15 is 0 Å². The Labute approximate surface area is 99.0 Å². The van der Waals surface area contributed by atoms with Gasteiger partial charge in [0.1, 0.15) is 11.9 Å². The number of esters is 1. The molecule has 4 nitrogen and oxygen atoms in total. The molecule has 0 bridgehead atoms. The van der Waals surface area contributed by atoms with Crippen molar-refractivity contribution in [3.05, 3.63) is 29.8 Å². The summed E-state index contributed by atoms with van der Waals surface area (Å²) < 4.78 is 22.9. The molecule has 0 aliphatic rings. The Hall–Kier alpha value is -1.62. The van der Waals surface area contributed by atoms with Crippen LogP contribution < -0.4 is 4.74 Å². The molecule has 0 unspecified atom stereocenters.